The SMILES string of the molecule is CC(C)(C)OC(=O)NCc1cccc(C2CCN(C(=O)Cc3cc(=O)oc4cc(O)c(O)cc34)CC2)c1. The summed E-state index contributed by atoms with van der Waals surface area (Å²) in [6.07, 6.45) is 1.12. The Hall–Kier alpha value is -4.01. The summed E-state index contributed by atoms with van der Waals surface area (Å²) in [7, 11) is 0. The Morgan fingerprint density at radius 2 is 1.78 bits per heavy atom. The number of amides is 2. The monoisotopic (exact) mass is 508 g/mol. The molecule has 0 aliphatic carbocycles. The highest BCUT2D eigenvalue weighted by Crippen LogP contribution is 2.32. The van der Waals surface area contributed by atoms with Crippen LogP contribution < -0.4 is 10.9 Å². The van der Waals surface area contributed by atoms with Gasteiger partial charge < -0.3 is 29.6 Å². The molecular formula is C28H32N2O7. The Kier molecular flexibility index (Phi) is 7.42. The summed E-state index contributed by atoms with van der Waals surface area (Å²) < 4.78 is 10.4. The molecule has 1 aliphatic heterocycles. The number of ether oxygens (including phenoxy) is 1. The maximum Gasteiger partial charge on any atom is 0.407 e. The topological polar surface area (TPSA) is 129 Å². The number of carbonyl (C=O) groups is 2. The summed E-state index contributed by atoms with van der Waals surface area (Å²) in [6, 6.07) is 11.8. The standard InChI is InChI=1S/C28H32N2O7/c1-28(2,3)37-27(35)29-16-17-5-4-6-19(11-17)18-7-9-30(10-8-18)25(33)12-20-13-26(34)36-24-15-23(32)22(31)14-21(20)24/h4-6,11,13-15,18,31-32H,7-10,12,16H2,1-3H3,(H,29,35). The number of nitrogens with one attached hydrogen (secondary N) is 1. The molecule has 3 aromatic rings. The van der Waals surface area contributed by atoms with E-state index in [-0.39, 0.29) is 29.6 Å². The molecule has 196 valence electrons. The van der Waals surface area contributed by atoms with Gasteiger partial charge in [-0.05, 0) is 62.3 Å². The molecule has 1 aromatic heterocycles. The number of benzene rings is 2. The van der Waals surface area contributed by atoms with Gasteiger partial charge in [0.2, 0.25) is 5.91 Å². The molecule has 1 aliphatic rings. The number of phenols is 2. The number of phenolic OH excluding ortho intramolecular Hbond substituents is 2. The molecular weight excluding hydrogens is 476 g/mol. The molecule has 0 atom stereocenters. The van der Waals surface area contributed by atoms with Crippen molar-refractivity contribution in [2.24, 2.45) is 0 Å². The second-order valence-corrected chi connectivity index (χ2v) is 10.4. The van der Waals surface area contributed by atoms with Crippen LogP contribution in [0.15, 0.2) is 51.7 Å². The fourth-order valence-electron chi connectivity index (χ4n) is 4.58. The van der Waals surface area contributed by atoms with E-state index in [2.05, 4.69) is 17.4 Å². The van der Waals surface area contributed by atoms with Crippen LogP contribution in [0.1, 0.15) is 56.2 Å². The largest absolute Gasteiger partial charge is 0.504 e. The summed E-state index contributed by atoms with van der Waals surface area (Å²) in [6.45, 7) is 6.98. The van der Waals surface area contributed by atoms with E-state index in [0.717, 1.165) is 24.0 Å². The van der Waals surface area contributed by atoms with Gasteiger partial charge in [0.05, 0.1) is 6.42 Å². The number of hydrogen-bond donors (Lipinski definition) is 3. The summed E-state index contributed by atoms with van der Waals surface area (Å²) in [5, 5.41) is 22.8. The highest BCUT2D eigenvalue weighted by molar-refractivity contribution is 5.89. The van der Waals surface area contributed by atoms with Gasteiger partial charge in [-0.25, -0.2) is 9.59 Å². The van der Waals surface area contributed by atoms with Crippen molar-refractivity contribution in [3.8, 4) is 11.5 Å². The van der Waals surface area contributed by atoms with Crippen LogP contribution in [0.3, 0.4) is 0 Å². The number of carbonyl (C=O) groups excluding carboxylic acids is 2. The van der Waals surface area contributed by atoms with E-state index in [1.807, 2.05) is 32.9 Å². The normalized spacial score (nSPS) is 14.5. The van der Waals surface area contributed by atoms with Gasteiger partial charge >= 0.3 is 11.7 Å². The van der Waals surface area contributed by atoms with Crippen LogP contribution in [0.25, 0.3) is 11.0 Å². The quantitative estimate of drug-likeness (QED) is 0.348. The predicted octanol–water partition coefficient (Wildman–Crippen LogP) is 4.18. The van der Waals surface area contributed by atoms with Gasteiger partial charge in [0.1, 0.15) is 11.2 Å². The first-order valence-electron chi connectivity index (χ1n) is 12.3. The van der Waals surface area contributed by atoms with Crippen LogP contribution in [-0.4, -0.2) is 45.8 Å². The van der Waals surface area contributed by atoms with Gasteiger partial charge in [-0.2, -0.15) is 0 Å². The van der Waals surface area contributed by atoms with Gasteiger partial charge in [-0.3, -0.25) is 4.79 Å². The van der Waals surface area contributed by atoms with Crippen LogP contribution in [0.4, 0.5) is 4.79 Å². The van der Waals surface area contributed by atoms with Crippen LogP contribution in [0, 0.1) is 0 Å². The van der Waals surface area contributed by atoms with Crippen molar-refractivity contribution < 1.29 is 29.0 Å². The van der Waals surface area contributed by atoms with E-state index in [1.165, 1.54) is 18.2 Å². The first-order chi connectivity index (χ1) is 17.5. The van der Waals surface area contributed by atoms with Gasteiger partial charge in [0.15, 0.2) is 11.5 Å². The summed E-state index contributed by atoms with van der Waals surface area (Å²) in [4.78, 5) is 38.8. The van der Waals surface area contributed by atoms with Gasteiger partial charge in [0.25, 0.3) is 0 Å². The average Bonchev–Trinajstić information content (AvgIpc) is 2.83. The van der Waals surface area contributed by atoms with Gasteiger partial charge in [-0.15, -0.1) is 0 Å². The summed E-state index contributed by atoms with van der Waals surface area (Å²) in [5.41, 5.74) is 1.52. The Balaban J connectivity index is 1.36. The molecule has 0 spiro atoms. The zero-order valence-corrected chi connectivity index (χ0v) is 21.2. The first kappa shape index (κ1) is 26.1. The molecule has 9 heteroatoms. The lowest BCUT2D eigenvalue weighted by atomic mass is 9.88. The van der Waals surface area contributed by atoms with E-state index in [9.17, 15) is 24.6 Å². The number of rotatable bonds is 5. The Morgan fingerprint density at radius 1 is 1.08 bits per heavy atom. The molecule has 0 saturated carbocycles. The Morgan fingerprint density at radius 3 is 2.49 bits per heavy atom. The summed E-state index contributed by atoms with van der Waals surface area (Å²) >= 11 is 0. The molecule has 0 radical (unpaired) electrons. The van der Waals surface area contributed by atoms with Crippen molar-refractivity contribution in [2.45, 2.75) is 58.1 Å². The number of nitrogens with zero attached hydrogens (tertiary/aromatic N) is 1. The number of aromatic hydroxyl groups is 2. The second kappa shape index (κ2) is 10.5. The predicted molar refractivity (Wildman–Crippen MR) is 138 cm³/mol. The fraction of sp³-hybridized carbons (Fsp3) is 0.393. The summed E-state index contributed by atoms with van der Waals surface area (Å²) in [5.74, 6) is -0.575. The number of fused-ring (bicyclic) bond motifs is 1. The third-order valence-corrected chi connectivity index (χ3v) is 6.37. The lowest BCUT2D eigenvalue weighted by Gasteiger charge is -2.32. The highest BCUT2D eigenvalue weighted by Gasteiger charge is 2.25. The molecule has 0 bridgehead atoms. The van der Waals surface area contributed by atoms with Crippen molar-refractivity contribution in [1.29, 1.82) is 0 Å². The smallest absolute Gasteiger partial charge is 0.407 e. The average molecular weight is 509 g/mol. The molecule has 1 saturated heterocycles. The number of piperidine rings is 1. The minimum Gasteiger partial charge on any atom is -0.504 e. The van der Waals surface area contributed by atoms with Crippen molar-refractivity contribution in [3.05, 3.63) is 69.6 Å². The number of likely N-dealkylation sites (tertiary alicyclic amines) is 1. The second-order valence-electron chi connectivity index (χ2n) is 10.4. The minimum atomic E-state index is -0.625. The van der Waals surface area contributed by atoms with Crippen LogP contribution in [0.5, 0.6) is 11.5 Å². The molecule has 0 unspecified atom stereocenters. The van der Waals surface area contributed by atoms with E-state index < -0.39 is 23.1 Å². The highest BCUT2D eigenvalue weighted by atomic mass is 16.6. The van der Waals surface area contributed by atoms with E-state index in [1.54, 1.807) is 4.90 Å². The molecule has 2 aromatic carbocycles. The fourth-order valence-corrected chi connectivity index (χ4v) is 4.58. The van der Waals surface area contributed by atoms with Crippen molar-refractivity contribution in [1.82, 2.24) is 10.2 Å². The zero-order chi connectivity index (χ0) is 26.7. The minimum absolute atomic E-state index is 0.0111. The Bertz CT molecular complexity index is 1370. The first-order valence-corrected chi connectivity index (χ1v) is 12.3. The third kappa shape index (κ3) is 6.61. The van der Waals surface area contributed by atoms with Crippen LogP contribution in [0.2, 0.25) is 0 Å². The molecule has 1 fully saturated rings. The maximum atomic E-state index is 13.0. The molecule has 2 amide bonds. The Labute approximate surface area is 214 Å². The number of hydrogen-bond acceptors (Lipinski definition) is 7. The van der Waals surface area contributed by atoms with Crippen LogP contribution >= 0.6 is 0 Å². The number of alkyl carbamates (subject to hydrolysis) is 1. The lowest BCUT2D eigenvalue weighted by molar-refractivity contribution is -0.131. The van der Waals surface area contributed by atoms with Gasteiger partial charge in [-0.1, -0.05) is 24.3 Å². The zero-order valence-electron chi connectivity index (χ0n) is 21.2. The molecule has 4 rings (SSSR count). The molecule has 9 nitrogen and oxygen atoms in total. The van der Waals surface area contributed by atoms with E-state index in [0.29, 0.717) is 30.6 Å². The molecule has 2 heterocycles. The molecule has 37 heavy (non-hydrogen) atoms. The van der Waals surface area contributed by atoms with Crippen molar-refractivity contribution >= 4 is 23.0 Å². The van der Waals surface area contributed by atoms with Crippen molar-refractivity contribution in [3.63, 3.8) is 0 Å². The molecule has 3 N–H and O–H groups in total. The van der Waals surface area contributed by atoms with E-state index in [4.69, 9.17) is 9.15 Å². The lowest BCUT2D eigenvalue weighted by Crippen LogP contribution is -2.39. The van der Waals surface area contributed by atoms with E-state index >= 15 is 0 Å². The van der Waals surface area contributed by atoms with Crippen LogP contribution in [-0.2, 0) is 22.5 Å². The van der Waals surface area contributed by atoms with Gasteiger partial charge in [0, 0.05) is 37.2 Å². The third-order valence-electron chi connectivity index (χ3n) is 6.37. The maximum absolute atomic E-state index is 13.0. The van der Waals surface area contributed by atoms with Crippen molar-refractivity contribution in [2.75, 3.05) is 13.1 Å².